The van der Waals surface area contributed by atoms with Crippen LogP contribution in [0.1, 0.15) is 41.7 Å². The molecule has 1 heteroatoms. The third-order valence-corrected chi connectivity index (χ3v) is 13.9. The van der Waals surface area contributed by atoms with E-state index in [9.17, 15) is 0 Å². The highest BCUT2D eigenvalue weighted by atomic mass is 15.0. The van der Waals surface area contributed by atoms with E-state index in [1.54, 1.807) is 0 Å². The minimum Gasteiger partial charge on any atom is -0.309 e. The van der Waals surface area contributed by atoms with Crippen molar-refractivity contribution in [2.24, 2.45) is 0 Å². The molecule has 1 heterocycles. The van der Waals surface area contributed by atoms with Crippen molar-refractivity contribution < 1.29 is 0 Å². The summed E-state index contributed by atoms with van der Waals surface area (Å²) >= 11 is 0. The summed E-state index contributed by atoms with van der Waals surface area (Å²) < 4.78 is 2.47. The molecular formula is C61H41N. The van der Waals surface area contributed by atoms with Crippen LogP contribution in [0.25, 0.3) is 105 Å². The lowest BCUT2D eigenvalue weighted by Crippen LogP contribution is -2.15. The van der Waals surface area contributed by atoms with Gasteiger partial charge in [0.15, 0.2) is 0 Å². The van der Waals surface area contributed by atoms with Crippen LogP contribution >= 0.6 is 0 Å². The van der Waals surface area contributed by atoms with Gasteiger partial charge in [-0.1, -0.05) is 178 Å². The zero-order chi connectivity index (χ0) is 41.1. The lowest BCUT2D eigenvalue weighted by atomic mass is 9.81. The molecular weight excluding hydrogens is 747 g/mol. The fourth-order valence-electron chi connectivity index (χ4n) is 10.9. The molecule has 0 saturated heterocycles. The highest BCUT2D eigenvalue weighted by molar-refractivity contribution is 6.31. The Morgan fingerprint density at radius 3 is 1.73 bits per heavy atom. The summed E-state index contributed by atoms with van der Waals surface area (Å²) in [5, 5.41) is 7.80. The number of rotatable bonds is 5. The van der Waals surface area contributed by atoms with Gasteiger partial charge >= 0.3 is 0 Å². The van der Waals surface area contributed by atoms with Crippen molar-refractivity contribution in [2.45, 2.75) is 19.3 Å². The van der Waals surface area contributed by atoms with E-state index in [1.807, 2.05) is 0 Å². The van der Waals surface area contributed by atoms with Crippen molar-refractivity contribution in [3.8, 4) is 50.2 Å². The summed E-state index contributed by atoms with van der Waals surface area (Å²) in [7, 11) is 0. The van der Waals surface area contributed by atoms with Gasteiger partial charge in [-0.15, -0.1) is 0 Å². The van der Waals surface area contributed by atoms with Gasteiger partial charge in [0.2, 0.25) is 0 Å². The van der Waals surface area contributed by atoms with E-state index < -0.39 is 0 Å². The standard InChI is InChI=1S/C61H41N/c1-61(2)54-20-9-8-17-47(54)48-32-28-45(37-55(48)61)51(34-38-12-4-3-5-13-38)41-24-22-39(23-25-41)40-26-30-46(31-27-40)62-56-21-11-19-50-53-36-44-15-7-6-14-43(44)35-52(53)49-18-10-16-42-29-33-57(62)60(58(42)49)59(50)56/h3-37H,1-2H3/b51-34+. The van der Waals surface area contributed by atoms with Gasteiger partial charge in [0.1, 0.15) is 0 Å². The van der Waals surface area contributed by atoms with Crippen LogP contribution in [-0.2, 0) is 5.41 Å². The molecule has 290 valence electrons. The van der Waals surface area contributed by atoms with Crippen LogP contribution in [0.5, 0.6) is 0 Å². The number of benzene rings is 10. The van der Waals surface area contributed by atoms with Crippen molar-refractivity contribution in [3.63, 3.8) is 0 Å². The van der Waals surface area contributed by atoms with Crippen molar-refractivity contribution in [2.75, 3.05) is 0 Å². The second kappa shape index (κ2) is 13.1. The van der Waals surface area contributed by atoms with Crippen LogP contribution < -0.4 is 0 Å². The van der Waals surface area contributed by atoms with E-state index in [4.69, 9.17) is 0 Å². The lowest BCUT2D eigenvalue weighted by molar-refractivity contribution is 0.660. The molecule has 1 nitrogen and oxygen atoms in total. The monoisotopic (exact) mass is 787 g/mol. The Bertz CT molecular complexity index is 3670. The van der Waals surface area contributed by atoms with E-state index in [0.29, 0.717) is 0 Å². The molecule has 2 aliphatic rings. The molecule has 0 radical (unpaired) electrons. The Morgan fingerprint density at radius 2 is 0.968 bits per heavy atom. The molecule has 1 aromatic heterocycles. The topological polar surface area (TPSA) is 4.93 Å². The molecule has 0 N–H and O–H groups in total. The molecule has 0 atom stereocenters. The van der Waals surface area contributed by atoms with Gasteiger partial charge in [0, 0.05) is 21.9 Å². The van der Waals surface area contributed by atoms with E-state index in [2.05, 4.69) is 231 Å². The van der Waals surface area contributed by atoms with Crippen molar-refractivity contribution in [3.05, 3.63) is 234 Å². The maximum absolute atomic E-state index is 2.47. The summed E-state index contributed by atoms with van der Waals surface area (Å²) in [6.07, 6.45) is 2.34. The zero-order valence-corrected chi connectivity index (χ0v) is 34.7. The maximum Gasteiger partial charge on any atom is 0.0547 e. The van der Waals surface area contributed by atoms with Gasteiger partial charge < -0.3 is 4.57 Å². The largest absolute Gasteiger partial charge is 0.309 e. The first-order valence-electron chi connectivity index (χ1n) is 21.7. The molecule has 0 spiro atoms. The first kappa shape index (κ1) is 35.1. The molecule has 13 rings (SSSR count). The Hall–Kier alpha value is -7.74. The third-order valence-electron chi connectivity index (χ3n) is 13.9. The predicted octanol–water partition coefficient (Wildman–Crippen LogP) is 16.3. The van der Waals surface area contributed by atoms with Gasteiger partial charge in [-0.25, -0.2) is 0 Å². The van der Waals surface area contributed by atoms with Crippen LogP contribution in [0.15, 0.2) is 206 Å². The fourth-order valence-corrected chi connectivity index (χ4v) is 10.9. The molecule has 0 amide bonds. The number of aromatic nitrogens is 1. The highest BCUT2D eigenvalue weighted by Gasteiger charge is 2.35. The van der Waals surface area contributed by atoms with Gasteiger partial charge in [0.05, 0.1) is 11.0 Å². The van der Waals surface area contributed by atoms with Crippen LogP contribution in [0.3, 0.4) is 0 Å². The highest BCUT2D eigenvalue weighted by Crippen LogP contribution is 2.52. The number of fused-ring (bicyclic) bond motifs is 7. The van der Waals surface area contributed by atoms with Gasteiger partial charge in [-0.3, -0.25) is 0 Å². The van der Waals surface area contributed by atoms with Crippen LogP contribution in [-0.4, -0.2) is 4.57 Å². The molecule has 0 fully saturated rings. The molecule has 0 aliphatic heterocycles. The van der Waals surface area contributed by atoms with Gasteiger partial charge in [-0.2, -0.15) is 0 Å². The Morgan fingerprint density at radius 1 is 0.387 bits per heavy atom. The minimum absolute atomic E-state index is 0.0652. The quantitative estimate of drug-likeness (QED) is 0.153. The Balaban J connectivity index is 0.902. The maximum atomic E-state index is 2.47. The molecule has 0 saturated carbocycles. The summed E-state index contributed by atoms with van der Waals surface area (Å²) in [4.78, 5) is 0. The number of nitrogens with zero attached hydrogens (tertiary/aromatic N) is 1. The Labute approximate surface area is 361 Å². The molecule has 10 aromatic carbocycles. The molecule has 2 aliphatic carbocycles. The fraction of sp³-hybridized carbons (Fsp3) is 0.0492. The van der Waals surface area contributed by atoms with Crippen LogP contribution in [0, 0.1) is 0 Å². The van der Waals surface area contributed by atoms with Gasteiger partial charge in [0.25, 0.3) is 0 Å². The Kier molecular flexibility index (Phi) is 7.42. The lowest BCUT2D eigenvalue weighted by Gasteiger charge is -2.22. The SMILES string of the molecule is CC1(C)c2ccccc2-c2ccc(/C(=C/c3ccccc3)c3ccc(-c4ccc(-n5c6cccc7c6c6c8c(cccc8ccc65)-c5cc6ccccc6cc5-7)cc4)cc3)cc21. The van der Waals surface area contributed by atoms with E-state index in [1.165, 1.54) is 121 Å². The van der Waals surface area contributed by atoms with Gasteiger partial charge in [-0.05, 0) is 148 Å². The van der Waals surface area contributed by atoms with Crippen molar-refractivity contribution >= 4 is 55.0 Å². The predicted molar refractivity (Wildman–Crippen MR) is 263 cm³/mol. The van der Waals surface area contributed by atoms with E-state index in [0.717, 1.165) is 5.69 Å². The first-order chi connectivity index (χ1) is 30.5. The first-order valence-corrected chi connectivity index (χ1v) is 21.7. The second-order valence-corrected chi connectivity index (χ2v) is 17.7. The molecule has 0 unspecified atom stereocenters. The summed E-state index contributed by atoms with van der Waals surface area (Å²) in [5.74, 6) is 0. The van der Waals surface area contributed by atoms with Crippen molar-refractivity contribution in [1.82, 2.24) is 4.57 Å². The smallest absolute Gasteiger partial charge is 0.0547 e. The zero-order valence-electron chi connectivity index (χ0n) is 34.7. The van der Waals surface area contributed by atoms with Crippen molar-refractivity contribution in [1.29, 1.82) is 0 Å². The van der Waals surface area contributed by atoms with E-state index in [-0.39, 0.29) is 5.41 Å². The number of hydrogen-bond acceptors (Lipinski definition) is 0. The summed E-state index contributed by atoms with van der Waals surface area (Å²) in [6.45, 7) is 4.72. The van der Waals surface area contributed by atoms with E-state index >= 15 is 0 Å². The average Bonchev–Trinajstić information content (AvgIpc) is 3.74. The minimum atomic E-state index is -0.0652. The van der Waals surface area contributed by atoms with Crippen LogP contribution in [0.2, 0.25) is 0 Å². The third kappa shape index (κ3) is 5.09. The molecule has 0 bridgehead atoms. The summed E-state index contributed by atoms with van der Waals surface area (Å²) in [6, 6.07) is 76.8. The normalized spacial score (nSPS) is 13.5. The average molecular weight is 788 g/mol. The molecule has 11 aromatic rings. The molecule has 62 heavy (non-hydrogen) atoms. The van der Waals surface area contributed by atoms with Crippen LogP contribution in [0.4, 0.5) is 0 Å². The second-order valence-electron chi connectivity index (χ2n) is 17.7. The number of hydrogen-bond donors (Lipinski definition) is 0. The summed E-state index contributed by atoms with van der Waals surface area (Å²) in [5.41, 5.74) is 21.5.